The van der Waals surface area contributed by atoms with E-state index in [-0.39, 0.29) is 40.4 Å². The first-order valence-corrected chi connectivity index (χ1v) is 2.59. The Hall–Kier alpha value is 0.0277. The molecule has 0 atom stereocenters. The van der Waals surface area contributed by atoms with Gasteiger partial charge in [0.1, 0.15) is 0 Å². The molecule has 0 fully saturated rings. The summed E-state index contributed by atoms with van der Waals surface area (Å²) in [6.45, 7) is 0. The summed E-state index contributed by atoms with van der Waals surface area (Å²) in [5.74, 6) is -0.879. The Balaban J connectivity index is 0.000000810. The molecule has 2 nitrogen and oxygen atoms in total. The molecule has 0 aliphatic rings. The quantitative estimate of drug-likeness (QED) is 0.839. The summed E-state index contributed by atoms with van der Waals surface area (Å²) in [5, 5.41) is 8.38. The van der Waals surface area contributed by atoms with Gasteiger partial charge >= 0.3 is 5.97 Å². The zero-order valence-corrected chi connectivity index (χ0v) is 7.77. The molecule has 0 spiro atoms. The summed E-state index contributed by atoms with van der Waals surface area (Å²) in [6.07, 6.45) is 0. The molecule has 3 heteroatoms. The van der Waals surface area contributed by atoms with Crippen molar-refractivity contribution in [2.75, 3.05) is 0 Å². The molecular formula is C7H6O2Sm. The Morgan fingerprint density at radius 1 is 1.20 bits per heavy atom. The molecule has 0 aliphatic carbocycles. The molecule has 0 radical (unpaired) electrons. The first-order chi connectivity index (χ1) is 4.30. The van der Waals surface area contributed by atoms with Crippen LogP contribution in [0.3, 0.4) is 0 Å². The molecule has 1 rings (SSSR count). The molecule has 52 valence electrons. The van der Waals surface area contributed by atoms with Crippen molar-refractivity contribution in [1.82, 2.24) is 0 Å². The summed E-state index contributed by atoms with van der Waals surface area (Å²) >= 11 is 0. The van der Waals surface area contributed by atoms with Crippen LogP contribution >= 0.6 is 0 Å². The van der Waals surface area contributed by atoms with E-state index in [9.17, 15) is 4.79 Å². The average Bonchev–Trinajstić information content (AvgIpc) is 1.90. The Kier molecular flexibility index (Phi) is 4.80. The first kappa shape index (κ1) is 10.0. The topological polar surface area (TPSA) is 37.3 Å². The molecule has 0 aliphatic heterocycles. The fourth-order valence-electron chi connectivity index (χ4n) is 0.581. The minimum atomic E-state index is -0.879. The number of hydrogen-bond acceptors (Lipinski definition) is 1. The van der Waals surface area contributed by atoms with E-state index in [1.807, 2.05) is 0 Å². The van der Waals surface area contributed by atoms with Crippen molar-refractivity contribution in [3.8, 4) is 0 Å². The normalized spacial score (nSPS) is 8.00. The molecule has 1 N–H and O–H groups in total. The number of carboxylic acid groups (broad SMARTS) is 1. The van der Waals surface area contributed by atoms with Crippen LogP contribution in [0.4, 0.5) is 0 Å². The van der Waals surface area contributed by atoms with Crippen LogP contribution in [0.5, 0.6) is 0 Å². The largest absolute Gasteiger partial charge is 0.478 e. The predicted molar refractivity (Wildman–Crippen MR) is 33.4 cm³/mol. The molecule has 10 heavy (non-hydrogen) atoms. The van der Waals surface area contributed by atoms with Crippen molar-refractivity contribution >= 4 is 5.97 Å². The van der Waals surface area contributed by atoms with E-state index in [2.05, 4.69) is 0 Å². The number of hydrogen-bond donors (Lipinski definition) is 1. The second-order valence-electron chi connectivity index (χ2n) is 1.67. The van der Waals surface area contributed by atoms with E-state index >= 15 is 0 Å². The number of carbonyl (C=O) groups is 1. The van der Waals surface area contributed by atoms with Crippen molar-refractivity contribution < 1.29 is 50.3 Å². The van der Waals surface area contributed by atoms with E-state index in [0.29, 0.717) is 5.56 Å². The molecule has 0 saturated heterocycles. The van der Waals surface area contributed by atoms with Gasteiger partial charge in [0.25, 0.3) is 0 Å². The maximum Gasteiger partial charge on any atom is 0.335 e. The Bertz CT molecular complexity index is 208. The van der Waals surface area contributed by atoms with Crippen molar-refractivity contribution in [3.63, 3.8) is 0 Å². The minimum Gasteiger partial charge on any atom is -0.478 e. The maximum atomic E-state index is 10.2. The van der Waals surface area contributed by atoms with Crippen LogP contribution in [-0.4, -0.2) is 11.1 Å². The van der Waals surface area contributed by atoms with Gasteiger partial charge in [-0.25, -0.2) is 4.79 Å². The molecule has 0 heterocycles. The third-order valence-electron chi connectivity index (χ3n) is 1.02. The third-order valence-corrected chi connectivity index (χ3v) is 1.02. The smallest absolute Gasteiger partial charge is 0.335 e. The average molecular weight is 272 g/mol. The van der Waals surface area contributed by atoms with Crippen LogP contribution in [-0.2, 0) is 0 Å². The Morgan fingerprint density at radius 3 is 2.00 bits per heavy atom. The minimum absolute atomic E-state index is 0. The number of carboxylic acids is 1. The van der Waals surface area contributed by atoms with E-state index in [4.69, 9.17) is 5.11 Å². The van der Waals surface area contributed by atoms with Gasteiger partial charge in [-0.15, -0.1) is 0 Å². The van der Waals surface area contributed by atoms with Crippen LogP contribution in [0.1, 0.15) is 10.4 Å². The van der Waals surface area contributed by atoms with Gasteiger partial charge in [-0.05, 0) is 12.1 Å². The molecule has 1 aromatic rings. The fraction of sp³-hybridized carbons (Fsp3) is 0. The number of aromatic carboxylic acids is 1. The van der Waals surface area contributed by atoms with Gasteiger partial charge in [0.2, 0.25) is 0 Å². The third kappa shape index (κ3) is 2.74. The van der Waals surface area contributed by atoms with Gasteiger partial charge in [-0.2, -0.15) is 0 Å². The van der Waals surface area contributed by atoms with Crippen LogP contribution in [0.15, 0.2) is 30.3 Å². The molecule has 0 bridgehead atoms. The molecule has 1 aromatic carbocycles. The summed E-state index contributed by atoms with van der Waals surface area (Å²) in [7, 11) is 0. The summed E-state index contributed by atoms with van der Waals surface area (Å²) in [4.78, 5) is 10.2. The monoisotopic (exact) mass is 274 g/mol. The zero-order chi connectivity index (χ0) is 6.69. The second-order valence-corrected chi connectivity index (χ2v) is 1.67. The van der Waals surface area contributed by atoms with Crippen LogP contribution in [0.2, 0.25) is 0 Å². The second kappa shape index (κ2) is 4.78. The summed E-state index contributed by atoms with van der Waals surface area (Å²) in [6, 6.07) is 8.30. The summed E-state index contributed by atoms with van der Waals surface area (Å²) in [5.41, 5.74) is 0.331. The van der Waals surface area contributed by atoms with E-state index < -0.39 is 5.97 Å². The van der Waals surface area contributed by atoms with Crippen molar-refractivity contribution in [3.05, 3.63) is 35.9 Å². The van der Waals surface area contributed by atoms with Gasteiger partial charge in [-0.1, -0.05) is 18.2 Å². The molecule has 0 amide bonds. The fourth-order valence-corrected chi connectivity index (χ4v) is 0.581. The van der Waals surface area contributed by atoms with Crippen LogP contribution in [0, 0.1) is 40.4 Å². The molecule has 0 unspecified atom stereocenters. The van der Waals surface area contributed by atoms with Crippen molar-refractivity contribution in [2.24, 2.45) is 0 Å². The van der Waals surface area contributed by atoms with E-state index in [1.165, 1.54) is 0 Å². The van der Waals surface area contributed by atoms with Gasteiger partial charge in [0, 0.05) is 40.4 Å². The SMILES string of the molecule is O=C(O)c1ccccc1.[Sm]. The molecular weight excluding hydrogens is 266 g/mol. The maximum absolute atomic E-state index is 10.2. The van der Waals surface area contributed by atoms with Gasteiger partial charge in [-0.3, -0.25) is 0 Å². The van der Waals surface area contributed by atoms with Crippen LogP contribution < -0.4 is 0 Å². The van der Waals surface area contributed by atoms with Gasteiger partial charge < -0.3 is 5.11 Å². The first-order valence-electron chi connectivity index (χ1n) is 2.59. The van der Waals surface area contributed by atoms with Gasteiger partial charge in [0.05, 0.1) is 5.56 Å². The standard InChI is InChI=1S/C7H6O2.Sm/c8-7(9)6-4-2-1-3-5-6;/h1-5H,(H,8,9);. The van der Waals surface area contributed by atoms with E-state index in [0.717, 1.165) is 0 Å². The van der Waals surface area contributed by atoms with Crippen LogP contribution in [0.25, 0.3) is 0 Å². The zero-order valence-electron chi connectivity index (χ0n) is 5.15. The number of rotatable bonds is 1. The molecule has 0 saturated carbocycles. The van der Waals surface area contributed by atoms with E-state index in [1.54, 1.807) is 30.3 Å². The van der Waals surface area contributed by atoms with Crippen molar-refractivity contribution in [1.29, 1.82) is 0 Å². The summed E-state index contributed by atoms with van der Waals surface area (Å²) < 4.78 is 0. The van der Waals surface area contributed by atoms with Crippen molar-refractivity contribution in [2.45, 2.75) is 0 Å². The Morgan fingerprint density at radius 2 is 1.70 bits per heavy atom. The predicted octanol–water partition coefficient (Wildman–Crippen LogP) is 1.38. The number of benzene rings is 1. The van der Waals surface area contributed by atoms with Gasteiger partial charge in [0.15, 0.2) is 0 Å². The Labute approximate surface area is 91.4 Å². The molecule has 0 aromatic heterocycles.